The molecule has 2 amide bonds. The van der Waals surface area contributed by atoms with Gasteiger partial charge in [0.25, 0.3) is 0 Å². The third-order valence-corrected chi connectivity index (χ3v) is 3.67. The van der Waals surface area contributed by atoms with Crippen LogP contribution in [0, 0.1) is 0 Å². The van der Waals surface area contributed by atoms with E-state index < -0.39 is 16.1 Å². The van der Waals surface area contributed by atoms with E-state index in [0.29, 0.717) is 5.13 Å². The molecule has 2 heterocycles. The van der Waals surface area contributed by atoms with Crippen LogP contribution in [0.1, 0.15) is 10.6 Å². The minimum Gasteiger partial charge on any atom is -0.311 e. The van der Waals surface area contributed by atoms with E-state index in [2.05, 4.69) is 15.6 Å². The number of carbonyl (C=O) groups is 1. The number of carbonyl (C=O) groups excluding carboxylic acids is 1. The van der Waals surface area contributed by atoms with Crippen molar-refractivity contribution < 1.29 is 13.2 Å². The Hall–Kier alpha value is -1.19. The van der Waals surface area contributed by atoms with Crippen molar-refractivity contribution in [3.8, 4) is 0 Å². The highest BCUT2D eigenvalue weighted by Gasteiger charge is 2.16. The first kappa shape index (κ1) is 12.3. The molecule has 0 saturated heterocycles. The van der Waals surface area contributed by atoms with Crippen molar-refractivity contribution in [2.45, 2.75) is 13.0 Å². The summed E-state index contributed by atoms with van der Waals surface area (Å²) >= 11 is 1.35. The molecule has 17 heavy (non-hydrogen) atoms. The molecule has 0 aromatic carbocycles. The number of urea groups is 1. The predicted octanol–water partition coefficient (Wildman–Crippen LogP) is -0.130. The van der Waals surface area contributed by atoms with Gasteiger partial charge in [0.15, 0.2) is 5.13 Å². The molecule has 0 fully saturated rings. The lowest BCUT2D eigenvalue weighted by molar-refractivity contribution is 0.256. The largest absolute Gasteiger partial charge is 0.334 e. The Labute approximate surface area is 103 Å². The fourth-order valence-electron chi connectivity index (χ4n) is 1.47. The summed E-state index contributed by atoms with van der Waals surface area (Å²) < 4.78 is 23.5. The molecule has 0 aliphatic carbocycles. The molecule has 9 heteroatoms. The Morgan fingerprint density at radius 2 is 2.29 bits per heavy atom. The number of fused-ring (bicyclic) bond motifs is 1. The third-order valence-electron chi connectivity index (χ3n) is 2.10. The van der Waals surface area contributed by atoms with Crippen LogP contribution in [0.4, 0.5) is 9.93 Å². The van der Waals surface area contributed by atoms with Gasteiger partial charge < -0.3 is 5.32 Å². The number of nitrogens with zero attached hydrogens (tertiary/aromatic N) is 1. The number of thiazole rings is 1. The van der Waals surface area contributed by atoms with Gasteiger partial charge in [-0.15, -0.1) is 11.3 Å². The van der Waals surface area contributed by atoms with Crippen molar-refractivity contribution in [3.63, 3.8) is 0 Å². The highest BCUT2D eigenvalue weighted by molar-refractivity contribution is 7.89. The van der Waals surface area contributed by atoms with Gasteiger partial charge >= 0.3 is 6.03 Å². The zero-order valence-electron chi connectivity index (χ0n) is 9.11. The lowest BCUT2D eigenvalue weighted by Crippen LogP contribution is -2.33. The van der Waals surface area contributed by atoms with Crippen LogP contribution in [0.25, 0.3) is 0 Å². The fraction of sp³-hybridized carbons (Fsp3) is 0.500. The average molecular weight is 276 g/mol. The highest BCUT2D eigenvalue weighted by atomic mass is 32.2. The molecule has 0 atom stereocenters. The number of hydrogen-bond donors (Lipinski definition) is 3. The number of sulfonamides is 1. The molecule has 0 saturated carbocycles. The van der Waals surface area contributed by atoms with Crippen LogP contribution in [-0.4, -0.2) is 32.2 Å². The van der Waals surface area contributed by atoms with E-state index in [-0.39, 0.29) is 0 Å². The van der Waals surface area contributed by atoms with Crippen LogP contribution >= 0.6 is 11.3 Å². The smallest absolute Gasteiger partial charge is 0.311 e. The minimum atomic E-state index is -3.54. The topological polar surface area (TPSA) is 100 Å². The molecule has 3 N–H and O–H groups in total. The van der Waals surface area contributed by atoms with Crippen LogP contribution in [0.5, 0.6) is 0 Å². The first-order valence-electron chi connectivity index (χ1n) is 4.92. The minimum absolute atomic E-state index is 0.417. The molecule has 1 aliphatic rings. The van der Waals surface area contributed by atoms with Crippen molar-refractivity contribution in [2.75, 3.05) is 18.1 Å². The second kappa shape index (κ2) is 4.59. The Morgan fingerprint density at radius 3 is 2.94 bits per heavy atom. The van der Waals surface area contributed by atoms with Crippen molar-refractivity contribution in [1.82, 2.24) is 15.0 Å². The van der Waals surface area contributed by atoms with Gasteiger partial charge in [0.2, 0.25) is 10.0 Å². The van der Waals surface area contributed by atoms with Gasteiger partial charge in [-0.2, -0.15) is 0 Å². The number of hydrogen-bond acceptors (Lipinski definition) is 6. The molecule has 1 aromatic rings. The third kappa shape index (κ3) is 3.38. The van der Waals surface area contributed by atoms with Crippen LogP contribution in [0.2, 0.25) is 0 Å². The standard InChI is InChI=1S/C8H12N4O3S2/c1-17(14,15)12-7(13)11-8-10-5-2-3-9-4-6(5)16-8/h9H,2-4H2,1H3,(H2,10,11,12,13). The lowest BCUT2D eigenvalue weighted by Gasteiger charge is -2.09. The summed E-state index contributed by atoms with van der Waals surface area (Å²) in [5.74, 6) is 0. The summed E-state index contributed by atoms with van der Waals surface area (Å²) in [5.41, 5.74) is 0.961. The normalized spacial score (nSPS) is 15.1. The van der Waals surface area contributed by atoms with E-state index >= 15 is 0 Å². The van der Waals surface area contributed by atoms with Gasteiger partial charge in [0.05, 0.1) is 11.9 Å². The van der Waals surface area contributed by atoms with Crippen LogP contribution < -0.4 is 15.4 Å². The monoisotopic (exact) mass is 276 g/mol. The molecule has 94 valence electrons. The van der Waals surface area contributed by atoms with E-state index in [1.807, 2.05) is 4.72 Å². The Morgan fingerprint density at radius 1 is 1.53 bits per heavy atom. The van der Waals surface area contributed by atoms with E-state index in [9.17, 15) is 13.2 Å². The van der Waals surface area contributed by atoms with Crippen molar-refractivity contribution in [2.24, 2.45) is 0 Å². The van der Waals surface area contributed by atoms with E-state index in [1.165, 1.54) is 11.3 Å². The van der Waals surface area contributed by atoms with Gasteiger partial charge in [-0.1, -0.05) is 0 Å². The SMILES string of the molecule is CS(=O)(=O)NC(=O)Nc1nc2c(s1)CNCC2. The van der Waals surface area contributed by atoms with Crippen LogP contribution in [0.3, 0.4) is 0 Å². The van der Waals surface area contributed by atoms with Crippen molar-refractivity contribution in [3.05, 3.63) is 10.6 Å². The number of amides is 2. The maximum absolute atomic E-state index is 11.3. The van der Waals surface area contributed by atoms with Gasteiger partial charge in [-0.3, -0.25) is 5.32 Å². The molecule has 0 bridgehead atoms. The zero-order valence-corrected chi connectivity index (χ0v) is 10.7. The van der Waals surface area contributed by atoms with Gasteiger partial charge in [-0.05, 0) is 0 Å². The summed E-state index contributed by atoms with van der Waals surface area (Å²) in [7, 11) is -3.54. The molecule has 1 aliphatic heterocycles. The molecule has 0 radical (unpaired) electrons. The summed E-state index contributed by atoms with van der Waals surface area (Å²) in [6.45, 7) is 1.61. The summed E-state index contributed by atoms with van der Waals surface area (Å²) in [6.07, 6.45) is 1.74. The highest BCUT2D eigenvalue weighted by Crippen LogP contribution is 2.25. The predicted molar refractivity (Wildman–Crippen MR) is 64.5 cm³/mol. The summed E-state index contributed by atoms with van der Waals surface area (Å²) in [5, 5.41) is 6.01. The molecule has 1 aromatic heterocycles. The van der Waals surface area contributed by atoms with E-state index in [1.54, 1.807) is 0 Å². The average Bonchev–Trinajstić information content (AvgIpc) is 2.55. The number of nitrogens with one attached hydrogen (secondary N) is 3. The first-order chi connectivity index (χ1) is 7.94. The number of rotatable bonds is 2. The van der Waals surface area contributed by atoms with Crippen molar-refractivity contribution in [1.29, 1.82) is 0 Å². The molecule has 2 rings (SSSR count). The fourth-order valence-corrected chi connectivity index (χ4v) is 2.83. The number of aromatic nitrogens is 1. The van der Waals surface area contributed by atoms with Gasteiger partial charge in [-0.25, -0.2) is 22.9 Å². The van der Waals surface area contributed by atoms with Crippen LogP contribution in [0.15, 0.2) is 0 Å². The Balaban J connectivity index is 2.04. The van der Waals surface area contributed by atoms with Gasteiger partial charge in [0.1, 0.15) is 0 Å². The molecular weight excluding hydrogens is 264 g/mol. The summed E-state index contributed by atoms with van der Waals surface area (Å²) in [6, 6.07) is -0.786. The molecule has 0 spiro atoms. The van der Waals surface area contributed by atoms with Gasteiger partial charge in [0, 0.05) is 24.4 Å². The van der Waals surface area contributed by atoms with Crippen LogP contribution in [-0.2, 0) is 23.0 Å². The maximum Gasteiger partial charge on any atom is 0.334 e. The first-order valence-corrected chi connectivity index (χ1v) is 7.63. The molecule has 7 nitrogen and oxygen atoms in total. The second-order valence-electron chi connectivity index (χ2n) is 3.64. The quantitative estimate of drug-likeness (QED) is 0.698. The maximum atomic E-state index is 11.3. The lowest BCUT2D eigenvalue weighted by atomic mass is 10.2. The second-order valence-corrected chi connectivity index (χ2v) is 6.48. The Bertz CT molecular complexity index is 513. The Kier molecular flexibility index (Phi) is 3.31. The zero-order chi connectivity index (χ0) is 12.5. The number of anilines is 1. The van der Waals surface area contributed by atoms with Crippen molar-refractivity contribution >= 4 is 32.5 Å². The van der Waals surface area contributed by atoms with E-state index in [4.69, 9.17) is 0 Å². The molecule has 0 unspecified atom stereocenters. The molecular formula is C8H12N4O3S2. The summed E-state index contributed by atoms with van der Waals surface area (Å²) in [4.78, 5) is 16.6. The van der Waals surface area contributed by atoms with E-state index in [0.717, 1.165) is 36.3 Å².